The van der Waals surface area contributed by atoms with Crippen LogP contribution in [0.2, 0.25) is 0 Å². The average Bonchev–Trinajstić information content (AvgIpc) is 1.98. The van der Waals surface area contributed by atoms with Crippen LogP contribution in [-0.2, 0) is 4.74 Å². The molecule has 0 unspecified atom stereocenters. The summed E-state index contributed by atoms with van der Waals surface area (Å²) in [5, 5.41) is 1.05. The third-order valence-electron chi connectivity index (χ3n) is 1.46. The molecule has 0 spiro atoms. The molecule has 0 bridgehead atoms. The van der Waals surface area contributed by atoms with Crippen LogP contribution in [-0.4, -0.2) is 43.6 Å². The van der Waals surface area contributed by atoms with Crippen LogP contribution in [0.25, 0.3) is 0 Å². The van der Waals surface area contributed by atoms with Crippen molar-refractivity contribution >= 4 is 15.9 Å². The summed E-state index contributed by atoms with van der Waals surface area (Å²) in [5.74, 6) is 0. The number of ether oxygens (including phenoxy) is 1. The van der Waals surface area contributed by atoms with Gasteiger partial charge in [0.1, 0.15) is 0 Å². The Hall–Kier alpha value is 0.400. The third-order valence-corrected chi connectivity index (χ3v) is 1.81. The Morgan fingerprint density at radius 1 is 1.40 bits per heavy atom. The van der Waals surface area contributed by atoms with Crippen LogP contribution < -0.4 is 0 Å². The molecule has 0 atom stereocenters. The van der Waals surface area contributed by atoms with Crippen LogP contribution in [0.4, 0.5) is 0 Å². The molecule has 0 aliphatic heterocycles. The number of likely N-dealkylation sites (N-methyl/N-ethyl adjacent to an activating group) is 1. The topological polar surface area (TPSA) is 12.5 Å². The zero-order valence-electron chi connectivity index (χ0n) is 6.77. The number of alkyl halides is 1. The second-order valence-corrected chi connectivity index (χ2v) is 2.91. The molecule has 0 aromatic heterocycles. The molecule has 0 fully saturated rings. The highest BCUT2D eigenvalue weighted by Gasteiger charge is 1.98. The van der Waals surface area contributed by atoms with Crippen molar-refractivity contribution in [2.24, 2.45) is 0 Å². The Morgan fingerprint density at radius 2 is 2.10 bits per heavy atom. The van der Waals surface area contributed by atoms with E-state index >= 15 is 0 Å². The maximum Gasteiger partial charge on any atom is 0.0589 e. The highest BCUT2D eigenvalue weighted by molar-refractivity contribution is 9.09. The zero-order chi connectivity index (χ0) is 7.82. The Balaban J connectivity index is 3.21. The van der Waals surface area contributed by atoms with E-state index in [1.54, 1.807) is 7.11 Å². The summed E-state index contributed by atoms with van der Waals surface area (Å²) in [6.07, 6.45) is 0. The van der Waals surface area contributed by atoms with E-state index in [1.807, 2.05) is 0 Å². The van der Waals surface area contributed by atoms with Crippen LogP contribution in [0.5, 0.6) is 0 Å². The van der Waals surface area contributed by atoms with E-state index in [2.05, 4.69) is 27.8 Å². The molecular formula is C7H16BrNO. The van der Waals surface area contributed by atoms with Crippen LogP contribution in [0.3, 0.4) is 0 Å². The number of hydrogen-bond donors (Lipinski definition) is 0. The van der Waals surface area contributed by atoms with Gasteiger partial charge in [0.2, 0.25) is 0 Å². The maximum absolute atomic E-state index is 4.96. The monoisotopic (exact) mass is 209 g/mol. The first kappa shape index (κ1) is 10.4. The fourth-order valence-corrected chi connectivity index (χ4v) is 1.27. The summed E-state index contributed by atoms with van der Waals surface area (Å²) < 4.78 is 4.96. The highest BCUT2D eigenvalue weighted by atomic mass is 79.9. The smallest absolute Gasteiger partial charge is 0.0589 e. The van der Waals surface area contributed by atoms with Crippen molar-refractivity contribution < 1.29 is 4.74 Å². The summed E-state index contributed by atoms with van der Waals surface area (Å²) in [5.41, 5.74) is 0. The van der Waals surface area contributed by atoms with E-state index in [1.165, 1.54) is 0 Å². The highest BCUT2D eigenvalue weighted by Crippen LogP contribution is 1.89. The van der Waals surface area contributed by atoms with E-state index < -0.39 is 0 Å². The van der Waals surface area contributed by atoms with Crippen LogP contribution >= 0.6 is 15.9 Å². The SMILES string of the molecule is CCN(CCBr)CCOC. The number of methoxy groups -OCH3 is 1. The van der Waals surface area contributed by atoms with Gasteiger partial charge in [-0.15, -0.1) is 0 Å². The molecule has 0 saturated carbocycles. The summed E-state index contributed by atoms with van der Waals surface area (Å²) in [4.78, 5) is 2.35. The third kappa shape index (κ3) is 5.21. The quantitative estimate of drug-likeness (QED) is 0.613. The number of rotatable bonds is 6. The molecule has 0 aliphatic carbocycles. The van der Waals surface area contributed by atoms with E-state index in [0.717, 1.165) is 31.6 Å². The number of hydrogen-bond acceptors (Lipinski definition) is 2. The minimum absolute atomic E-state index is 0.834. The van der Waals surface area contributed by atoms with Crippen molar-refractivity contribution in [1.82, 2.24) is 4.90 Å². The zero-order valence-corrected chi connectivity index (χ0v) is 8.35. The summed E-state index contributed by atoms with van der Waals surface area (Å²) in [7, 11) is 1.74. The van der Waals surface area contributed by atoms with Gasteiger partial charge in [-0.3, -0.25) is 0 Å². The second kappa shape index (κ2) is 7.51. The second-order valence-electron chi connectivity index (χ2n) is 2.12. The molecule has 0 saturated heterocycles. The van der Waals surface area contributed by atoms with E-state index in [9.17, 15) is 0 Å². The lowest BCUT2D eigenvalue weighted by atomic mass is 10.5. The van der Waals surface area contributed by atoms with Crippen molar-refractivity contribution in [1.29, 1.82) is 0 Å². The van der Waals surface area contributed by atoms with Crippen molar-refractivity contribution in [3.05, 3.63) is 0 Å². The first-order valence-corrected chi connectivity index (χ1v) is 4.74. The predicted octanol–water partition coefficient (Wildman–Crippen LogP) is 1.35. The van der Waals surface area contributed by atoms with Gasteiger partial charge >= 0.3 is 0 Å². The lowest BCUT2D eigenvalue weighted by Crippen LogP contribution is -2.28. The summed E-state index contributed by atoms with van der Waals surface area (Å²) >= 11 is 3.40. The molecule has 0 amide bonds. The van der Waals surface area contributed by atoms with Crippen LogP contribution in [0.15, 0.2) is 0 Å². The van der Waals surface area contributed by atoms with Crippen LogP contribution in [0.1, 0.15) is 6.92 Å². The molecule has 0 aromatic rings. The first-order chi connectivity index (χ1) is 4.85. The van der Waals surface area contributed by atoms with Gasteiger partial charge in [0.05, 0.1) is 6.61 Å². The molecule has 10 heavy (non-hydrogen) atoms. The molecule has 2 nitrogen and oxygen atoms in total. The van der Waals surface area contributed by atoms with E-state index in [-0.39, 0.29) is 0 Å². The molecule has 0 aliphatic rings. The largest absolute Gasteiger partial charge is 0.383 e. The van der Waals surface area contributed by atoms with Gasteiger partial charge in [-0.25, -0.2) is 0 Å². The molecule has 0 heterocycles. The van der Waals surface area contributed by atoms with Crippen molar-refractivity contribution in [3.63, 3.8) is 0 Å². The van der Waals surface area contributed by atoms with Crippen molar-refractivity contribution in [2.45, 2.75) is 6.92 Å². The van der Waals surface area contributed by atoms with Crippen LogP contribution in [0, 0.1) is 0 Å². The lowest BCUT2D eigenvalue weighted by molar-refractivity contribution is 0.155. The molecule has 0 aromatic carbocycles. The van der Waals surface area contributed by atoms with Crippen molar-refractivity contribution in [2.75, 3.05) is 38.7 Å². The minimum Gasteiger partial charge on any atom is -0.383 e. The van der Waals surface area contributed by atoms with Gasteiger partial charge in [0.25, 0.3) is 0 Å². The van der Waals surface area contributed by atoms with Gasteiger partial charge in [0, 0.05) is 25.5 Å². The number of halogens is 1. The normalized spacial score (nSPS) is 10.8. The predicted molar refractivity (Wildman–Crippen MR) is 47.8 cm³/mol. The Labute approximate surface area is 71.7 Å². The maximum atomic E-state index is 4.96. The molecular weight excluding hydrogens is 194 g/mol. The fraction of sp³-hybridized carbons (Fsp3) is 1.00. The van der Waals surface area contributed by atoms with Gasteiger partial charge < -0.3 is 9.64 Å². The molecule has 3 heteroatoms. The molecule has 0 rings (SSSR count). The fourth-order valence-electron chi connectivity index (χ4n) is 0.768. The average molecular weight is 210 g/mol. The summed E-state index contributed by atoms with van der Waals surface area (Å²) in [6.45, 7) is 6.26. The Kier molecular flexibility index (Phi) is 7.81. The minimum atomic E-state index is 0.834. The number of nitrogens with zero attached hydrogens (tertiary/aromatic N) is 1. The van der Waals surface area contributed by atoms with Gasteiger partial charge in [-0.1, -0.05) is 22.9 Å². The molecule has 62 valence electrons. The first-order valence-electron chi connectivity index (χ1n) is 3.62. The van der Waals surface area contributed by atoms with Gasteiger partial charge in [0.15, 0.2) is 0 Å². The Morgan fingerprint density at radius 3 is 2.50 bits per heavy atom. The summed E-state index contributed by atoms with van der Waals surface area (Å²) in [6, 6.07) is 0. The standard InChI is InChI=1S/C7H16BrNO/c1-3-9(5-4-8)6-7-10-2/h3-7H2,1-2H3. The lowest BCUT2D eigenvalue weighted by Gasteiger charge is -2.17. The van der Waals surface area contributed by atoms with E-state index in [4.69, 9.17) is 4.74 Å². The molecule has 0 N–H and O–H groups in total. The van der Waals surface area contributed by atoms with E-state index in [0.29, 0.717) is 0 Å². The Bertz CT molecular complexity index is 70.6. The molecule has 0 radical (unpaired) electrons. The van der Waals surface area contributed by atoms with Gasteiger partial charge in [-0.2, -0.15) is 0 Å². The van der Waals surface area contributed by atoms with Gasteiger partial charge in [-0.05, 0) is 6.54 Å². The van der Waals surface area contributed by atoms with Crippen molar-refractivity contribution in [3.8, 4) is 0 Å².